The fraction of sp³-hybridized carbons (Fsp3) is 0.667. The first-order valence-electron chi connectivity index (χ1n) is 7.98. The lowest BCUT2D eigenvalue weighted by atomic mass is 10.1. The molecule has 1 unspecified atom stereocenters. The largest absolute Gasteiger partial charge is 0.481 e. The molecule has 0 aliphatic rings. The van der Waals surface area contributed by atoms with Gasteiger partial charge < -0.3 is 14.7 Å². The Morgan fingerprint density at radius 1 is 1.48 bits per heavy atom. The number of aliphatic carboxylic acids is 1. The molecule has 0 aliphatic carbocycles. The van der Waals surface area contributed by atoms with Crippen molar-refractivity contribution in [3.8, 4) is 0 Å². The van der Waals surface area contributed by atoms with Crippen LogP contribution >= 0.6 is 0 Å². The van der Waals surface area contributed by atoms with Gasteiger partial charge in [-0.2, -0.15) is 5.10 Å². The van der Waals surface area contributed by atoms with Crippen LogP contribution in [0.25, 0.3) is 0 Å². The lowest BCUT2D eigenvalue weighted by Gasteiger charge is -2.24. The molecule has 1 rings (SSSR count). The van der Waals surface area contributed by atoms with Crippen LogP contribution in [0.2, 0.25) is 0 Å². The molecule has 0 fully saturated rings. The van der Waals surface area contributed by atoms with Crippen molar-refractivity contribution in [2.45, 2.75) is 27.2 Å². The van der Waals surface area contributed by atoms with Crippen molar-refractivity contribution in [3.63, 3.8) is 0 Å². The summed E-state index contributed by atoms with van der Waals surface area (Å²) in [5, 5.41) is 24.3. The van der Waals surface area contributed by atoms with Crippen LogP contribution in [0.1, 0.15) is 36.5 Å². The zero-order valence-electron chi connectivity index (χ0n) is 14.9. The maximum atomic E-state index is 12.9. The van der Waals surface area contributed by atoms with Gasteiger partial charge in [-0.3, -0.25) is 24.4 Å². The molecular formula is C15H24N4O6. The summed E-state index contributed by atoms with van der Waals surface area (Å²) in [6, 6.07) is 0. The molecule has 1 N–H and O–H groups in total. The van der Waals surface area contributed by atoms with Gasteiger partial charge in [0.05, 0.1) is 10.8 Å². The Balaban J connectivity index is 3.10. The predicted molar refractivity (Wildman–Crippen MR) is 88.4 cm³/mol. The van der Waals surface area contributed by atoms with Crippen molar-refractivity contribution < 1.29 is 24.4 Å². The molecule has 10 heteroatoms. The Morgan fingerprint density at radius 2 is 2.12 bits per heavy atom. The maximum Gasteiger partial charge on any atom is 0.322 e. The van der Waals surface area contributed by atoms with Crippen LogP contribution in [0.4, 0.5) is 5.69 Å². The van der Waals surface area contributed by atoms with Crippen LogP contribution in [-0.2, 0) is 16.6 Å². The average molecular weight is 356 g/mol. The predicted octanol–water partition coefficient (Wildman–Crippen LogP) is 1.23. The summed E-state index contributed by atoms with van der Waals surface area (Å²) in [6.45, 7) is 5.90. The number of carbonyl (C=O) groups excluding carboxylic acids is 1. The van der Waals surface area contributed by atoms with Gasteiger partial charge in [-0.25, -0.2) is 0 Å². The molecule has 0 saturated carbocycles. The number of hydrogen-bond acceptors (Lipinski definition) is 6. The Morgan fingerprint density at radius 3 is 2.64 bits per heavy atom. The van der Waals surface area contributed by atoms with Gasteiger partial charge in [0.2, 0.25) is 5.69 Å². The van der Waals surface area contributed by atoms with Gasteiger partial charge in [0.15, 0.2) is 0 Å². The Kier molecular flexibility index (Phi) is 7.49. The molecule has 0 saturated heterocycles. The third kappa shape index (κ3) is 5.24. The molecule has 1 atom stereocenters. The first-order chi connectivity index (χ1) is 11.7. The van der Waals surface area contributed by atoms with E-state index < -0.39 is 22.7 Å². The highest BCUT2D eigenvalue weighted by Gasteiger charge is 2.33. The quantitative estimate of drug-likeness (QED) is 0.379. The van der Waals surface area contributed by atoms with E-state index in [4.69, 9.17) is 9.84 Å². The molecule has 1 aromatic rings. The van der Waals surface area contributed by atoms with Gasteiger partial charge in [-0.05, 0) is 20.3 Å². The van der Waals surface area contributed by atoms with E-state index in [1.54, 1.807) is 0 Å². The lowest BCUT2D eigenvalue weighted by molar-refractivity contribution is -0.385. The third-order valence-corrected chi connectivity index (χ3v) is 3.70. The van der Waals surface area contributed by atoms with Crippen LogP contribution in [0.15, 0.2) is 0 Å². The molecule has 10 nitrogen and oxygen atoms in total. The van der Waals surface area contributed by atoms with Crippen molar-refractivity contribution >= 4 is 17.6 Å². The Bertz CT molecular complexity index is 642. The van der Waals surface area contributed by atoms with Crippen molar-refractivity contribution in [2.24, 2.45) is 13.0 Å². The van der Waals surface area contributed by atoms with E-state index >= 15 is 0 Å². The second-order valence-corrected chi connectivity index (χ2v) is 5.70. The second-order valence-electron chi connectivity index (χ2n) is 5.70. The van der Waals surface area contributed by atoms with Crippen molar-refractivity contribution in [1.29, 1.82) is 0 Å². The maximum absolute atomic E-state index is 12.9. The number of amides is 1. The summed E-state index contributed by atoms with van der Waals surface area (Å²) in [6.07, 6.45) is 0.497. The lowest BCUT2D eigenvalue weighted by Crippen LogP contribution is -2.39. The van der Waals surface area contributed by atoms with Crippen LogP contribution in [0.3, 0.4) is 0 Å². The normalized spacial score (nSPS) is 12.0. The highest BCUT2D eigenvalue weighted by Crippen LogP contribution is 2.24. The summed E-state index contributed by atoms with van der Waals surface area (Å²) < 4.78 is 6.39. The third-order valence-electron chi connectivity index (χ3n) is 3.70. The van der Waals surface area contributed by atoms with E-state index in [1.165, 1.54) is 25.8 Å². The zero-order valence-corrected chi connectivity index (χ0v) is 14.9. The highest BCUT2D eigenvalue weighted by atomic mass is 16.6. The Labute approximate surface area is 145 Å². The highest BCUT2D eigenvalue weighted by molar-refractivity contribution is 5.97. The van der Waals surface area contributed by atoms with E-state index in [-0.39, 0.29) is 30.2 Å². The van der Waals surface area contributed by atoms with Gasteiger partial charge in [0.1, 0.15) is 5.69 Å². The number of nitrogens with zero attached hydrogens (tertiary/aromatic N) is 4. The number of ether oxygens (including phenoxy) is 1. The summed E-state index contributed by atoms with van der Waals surface area (Å²) >= 11 is 0. The summed E-state index contributed by atoms with van der Waals surface area (Å²) in [5.74, 6) is -2.46. The summed E-state index contributed by atoms with van der Waals surface area (Å²) in [7, 11) is 1.45. The minimum absolute atomic E-state index is 0.0539. The molecule has 25 heavy (non-hydrogen) atoms. The average Bonchev–Trinajstić information content (AvgIpc) is 2.83. The van der Waals surface area contributed by atoms with Gasteiger partial charge >= 0.3 is 11.7 Å². The van der Waals surface area contributed by atoms with Crippen molar-refractivity contribution in [3.05, 3.63) is 21.5 Å². The van der Waals surface area contributed by atoms with E-state index in [0.29, 0.717) is 19.6 Å². The minimum atomic E-state index is -1.04. The van der Waals surface area contributed by atoms with E-state index in [9.17, 15) is 19.7 Å². The number of carboxylic acid groups (broad SMARTS) is 1. The molecule has 140 valence electrons. The fourth-order valence-electron chi connectivity index (χ4n) is 2.44. The first-order valence-corrected chi connectivity index (χ1v) is 7.98. The van der Waals surface area contributed by atoms with Gasteiger partial charge in [-0.1, -0.05) is 6.92 Å². The fourth-order valence-corrected chi connectivity index (χ4v) is 2.44. The number of aromatic nitrogens is 2. The monoisotopic (exact) mass is 356 g/mol. The second kappa shape index (κ2) is 9.11. The van der Waals surface area contributed by atoms with Crippen molar-refractivity contribution in [2.75, 3.05) is 26.3 Å². The van der Waals surface area contributed by atoms with Gasteiger partial charge in [0.25, 0.3) is 5.91 Å². The number of nitro groups is 1. The SMILES string of the molecule is CCOCCCN(CC(C)C(=O)O)C(=O)c1c([N+](=O)[O-])c(C)nn1C. The molecular weight excluding hydrogens is 332 g/mol. The standard InChI is InChI=1S/C15H24N4O6/c1-5-25-8-6-7-18(9-10(2)15(21)22)14(20)13-12(19(23)24)11(3)16-17(13)4/h10H,5-9H2,1-4H3,(H,21,22). The van der Waals surface area contributed by atoms with E-state index in [0.717, 1.165) is 4.68 Å². The van der Waals surface area contributed by atoms with Gasteiger partial charge in [-0.15, -0.1) is 0 Å². The number of aryl methyl sites for hydroxylation is 2. The molecule has 0 spiro atoms. The summed E-state index contributed by atoms with van der Waals surface area (Å²) in [4.78, 5) is 35.9. The first kappa shape index (κ1) is 20.6. The summed E-state index contributed by atoms with van der Waals surface area (Å²) in [5.41, 5.74) is -0.377. The van der Waals surface area contributed by atoms with Crippen LogP contribution in [-0.4, -0.2) is 62.9 Å². The van der Waals surface area contributed by atoms with Crippen LogP contribution in [0, 0.1) is 23.0 Å². The number of rotatable bonds is 10. The van der Waals surface area contributed by atoms with E-state index in [1.807, 2.05) is 6.92 Å². The molecule has 0 aromatic carbocycles. The number of carboxylic acids is 1. The number of carbonyl (C=O) groups is 2. The smallest absolute Gasteiger partial charge is 0.322 e. The molecule has 0 radical (unpaired) electrons. The zero-order chi connectivity index (χ0) is 19.1. The van der Waals surface area contributed by atoms with Gasteiger partial charge in [0, 0.05) is 33.4 Å². The number of hydrogen-bond donors (Lipinski definition) is 1. The van der Waals surface area contributed by atoms with Crippen LogP contribution < -0.4 is 0 Å². The molecule has 1 aromatic heterocycles. The molecule has 0 bridgehead atoms. The molecule has 1 heterocycles. The van der Waals surface area contributed by atoms with Crippen molar-refractivity contribution in [1.82, 2.24) is 14.7 Å². The Hall–Kier alpha value is -2.49. The van der Waals surface area contributed by atoms with E-state index in [2.05, 4.69) is 5.10 Å². The minimum Gasteiger partial charge on any atom is -0.481 e. The topological polar surface area (TPSA) is 128 Å². The molecule has 0 aliphatic heterocycles. The van der Waals surface area contributed by atoms with Crippen LogP contribution in [0.5, 0.6) is 0 Å². The molecule has 1 amide bonds.